The topological polar surface area (TPSA) is 80.0 Å². The maximum absolute atomic E-state index is 11.9. The number of rotatable bonds is 5. The van der Waals surface area contributed by atoms with Crippen molar-refractivity contribution >= 4 is 11.6 Å². The number of carbonyl (C=O) groups excluding carboxylic acids is 1. The van der Waals surface area contributed by atoms with E-state index in [1.807, 2.05) is 24.3 Å². The van der Waals surface area contributed by atoms with Crippen molar-refractivity contribution in [3.8, 4) is 0 Å². The van der Waals surface area contributed by atoms with Crippen LogP contribution in [0.1, 0.15) is 44.1 Å². The zero-order valence-corrected chi connectivity index (χ0v) is 12.4. The zero-order chi connectivity index (χ0) is 15.4. The number of carbonyl (C=O) groups is 1. The molecule has 1 unspecified atom stereocenters. The number of aliphatic hydroxyl groups is 1. The van der Waals surface area contributed by atoms with Crippen LogP contribution < -0.4 is 5.32 Å². The van der Waals surface area contributed by atoms with Gasteiger partial charge in [-0.1, -0.05) is 31.2 Å². The summed E-state index contributed by atoms with van der Waals surface area (Å²) in [7, 11) is 0. The van der Waals surface area contributed by atoms with Crippen molar-refractivity contribution in [3.05, 3.63) is 41.7 Å². The highest BCUT2D eigenvalue weighted by Gasteiger charge is 2.09. The number of aliphatic hydroxyl groups excluding tert-OH is 1. The van der Waals surface area contributed by atoms with Crippen LogP contribution in [0, 0.1) is 0 Å². The van der Waals surface area contributed by atoms with E-state index in [9.17, 15) is 9.90 Å². The van der Waals surface area contributed by atoms with Gasteiger partial charge in [0.05, 0.1) is 12.3 Å². The maximum Gasteiger partial charge on any atom is 0.246 e. The van der Waals surface area contributed by atoms with Crippen molar-refractivity contribution in [2.75, 3.05) is 5.32 Å². The Labute approximate surface area is 123 Å². The Hall–Kier alpha value is -2.21. The van der Waals surface area contributed by atoms with Gasteiger partial charge in [-0.05, 0) is 30.5 Å². The van der Waals surface area contributed by atoms with Crippen LogP contribution in [0.25, 0.3) is 0 Å². The minimum atomic E-state index is -0.689. The second-order valence-corrected chi connectivity index (χ2v) is 5.34. The van der Waals surface area contributed by atoms with Crippen LogP contribution in [0.2, 0.25) is 0 Å². The minimum absolute atomic E-state index is 0.0612. The number of hydrogen-bond acceptors (Lipinski definition) is 4. The Morgan fingerprint density at radius 3 is 2.48 bits per heavy atom. The molecular formula is C15H20N4O2. The first-order chi connectivity index (χ1) is 9.95. The molecule has 2 N–H and O–H groups in total. The maximum atomic E-state index is 11.9. The van der Waals surface area contributed by atoms with Gasteiger partial charge in [-0.2, -0.15) is 0 Å². The molecule has 0 fully saturated rings. The van der Waals surface area contributed by atoms with Crippen molar-refractivity contribution in [3.63, 3.8) is 0 Å². The second kappa shape index (κ2) is 6.49. The highest BCUT2D eigenvalue weighted by molar-refractivity contribution is 5.90. The van der Waals surface area contributed by atoms with Gasteiger partial charge in [-0.3, -0.25) is 4.79 Å². The van der Waals surface area contributed by atoms with Gasteiger partial charge in [0, 0.05) is 5.69 Å². The first-order valence-corrected chi connectivity index (χ1v) is 6.93. The van der Waals surface area contributed by atoms with E-state index in [-0.39, 0.29) is 12.5 Å². The Morgan fingerprint density at radius 2 is 1.95 bits per heavy atom. The minimum Gasteiger partial charge on any atom is -0.387 e. The number of benzene rings is 1. The Kier molecular flexibility index (Phi) is 4.70. The molecule has 2 rings (SSSR count). The molecule has 1 aromatic heterocycles. The first kappa shape index (κ1) is 15.2. The number of aromatic nitrogens is 3. The van der Waals surface area contributed by atoms with Crippen molar-refractivity contribution in [1.82, 2.24) is 15.0 Å². The second-order valence-electron chi connectivity index (χ2n) is 5.34. The van der Waals surface area contributed by atoms with Gasteiger partial charge in [-0.15, -0.1) is 5.10 Å². The molecule has 6 nitrogen and oxygen atoms in total. The van der Waals surface area contributed by atoms with Gasteiger partial charge < -0.3 is 10.4 Å². The molecule has 112 valence electrons. The van der Waals surface area contributed by atoms with Crippen molar-refractivity contribution in [2.45, 2.75) is 39.3 Å². The van der Waals surface area contributed by atoms with Crippen LogP contribution in [0.3, 0.4) is 0 Å². The summed E-state index contributed by atoms with van der Waals surface area (Å²) < 4.78 is 1.40. The van der Waals surface area contributed by atoms with Crippen LogP contribution in [0.4, 0.5) is 5.69 Å². The monoisotopic (exact) mass is 288 g/mol. The summed E-state index contributed by atoms with van der Waals surface area (Å²) in [5.41, 5.74) is 2.43. The van der Waals surface area contributed by atoms with Gasteiger partial charge in [0.25, 0.3) is 0 Å². The fourth-order valence-corrected chi connectivity index (χ4v) is 1.88. The smallest absolute Gasteiger partial charge is 0.246 e. The third-order valence-electron chi connectivity index (χ3n) is 3.15. The molecule has 0 radical (unpaired) electrons. The SMILES string of the molecule is CC(C)c1ccc(NC(=O)Cn2cc(C(C)O)nn2)cc1. The number of nitrogens with zero attached hydrogens (tertiary/aromatic N) is 3. The molecule has 0 aliphatic heterocycles. The Balaban J connectivity index is 1.94. The lowest BCUT2D eigenvalue weighted by Crippen LogP contribution is -2.19. The average Bonchev–Trinajstić information content (AvgIpc) is 2.87. The van der Waals surface area contributed by atoms with E-state index >= 15 is 0 Å². The highest BCUT2D eigenvalue weighted by atomic mass is 16.3. The summed E-state index contributed by atoms with van der Waals surface area (Å²) in [6, 6.07) is 7.77. The molecule has 1 aromatic carbocycles. The van der Waals surface area contributed by atoms with Crippen LogP contribution in [0.15, 0.2) is 30.5 Å². The van der Waals surface area contributed by atoms with Crippen molar-refractivity contribution in [2.24, 2.45) is 0 Å². The third-order valence-corrected chi connectivity index (χ3v) is 3.15. The van der Waals surface area contributed by atoms with Crippen LogP contribution >= 0.6 is 0 Å². The summed E-state index contributed by atoms with van der Waals surface area (Å²) in [5.74, 6) is 0.276. The van der Waals surface area contributed by atoms with E-state index in [0.717, 1.165) is 5.69 Å². The molecule has 21 heavy (non-hydrogen) atoms. The molecule has 0 bridgehead atoms. The number of hydrogen-bond donors (Lipinski definition) is 2. The molecule has 0 aliphatic rings. The summed E-state index contributed by atoms with van der Waals surface area (Å²) in [5, 5.41) is 19.8. The van der Waals surface area contributed by atoms with E-state index in [4.69, 9.17) is 0 Å². The molecular weight excluding hydrogens is 268 g/mol. The van der Waals surface area contributed by atoms with Crippen LogP contribution in [-0.2, 0) is 11.3 Å². The molecule has 0 aliphatic carbocycles. The zero-order valence-electron chi connectivity index (χ0n) is 12.4. The normalized spacial score (nSPS) is 12.4. The Morgan fingerprint density at radius 1 is 1.29 bits per heavy atom. The molecule has 0 saturated heterocycles. The lowest BCUT2D eigenvalue weighted by Gasteiger charge is -2.08. The Bertz CT molecular complexity index is 602. The molecule has 1 amide bonds. The summed E-state index contributed by atoms with van der Waals surface area (Å²) in [4.78, 5) is 11.9. The lowest BCUT2D eigenvalue weighted by molar-refractivity contribution is -0.116. The largest absolute Gasteiger partial charge is 0.387 e. The molecule has 1 heterocycles. The van der Waals surface area contributed by atoms with E-state index in [0.29, 0.717) is 11.6 Å². The van der Waals surface area contributed by atoms with E-state index in [1.165, 1.54) is 10.2 Å². The van der Waals surface area contributed by atoms with E-state index in [2.05, 4.69) is 29.5 Å². The van der Waals surface area contributed by atoms with Gasteiger partial charge in [0.1, 0.15) is 12.2 Å². The number of nitrogens with one attached hydrogen (secondary N) is 1. The van der Waals surface area contributed by atoms with E-state index < -0.39 is 6.10 Å². The van der Waals surface area contributed by atoms with Crippen LogP contribution in [-0.4, -0.2) is 26.0 Å². The highest BCUT2D eigenvalue weighted by Crippen LogP contribution is 2.17. The van der Waals surface area contributed by atoms with Crippen LogP contribution in [0.5, 0.6) is 0 Å². The fourth-order valence-electron chi connectivity index (χ4n) is 1.88. The summed E-state index contributed by atoms with van der Waals surface area (Å²) in [6.07, 6.45) is 0.872. The quantitative estimate of drug-likeness (QED) is 0.883. The molecule has 0 spiro atoms. The van der Waals surface area contributed by atoms with E-state index in [1.54, 1.807) is 13.1 Å². The standard InChI is InChI=1S/C15H20N4O2/c1-10(2)12-4-6-13(7-5-12)16-15(21)9-19-8-14(11(3)20)17-18-19/h4-8,10-11,20H,9H2,1-3H3,(H,16,21). The first-order valence-electron chi connectivity index (χ1n) is 6.93. The van der Waals surface area contributed by atoms with Gasteiger partial charge in [-0.25, -0.2) is 4.68 Å². The average molecular weight is 288 g/mol. The predicted octanol–water partition coefficient (Wildman–Crippen LogP) is 2.09. The lowest BCUT2D eigenvalue weighted by atomic mass is 10.0. The van der Waals surface area contributed by atoms with Gasteiger partial charge >= 0.3 is 0 Å². The number of anilines is 1. The molecule has 6 heteroatoms. The van der Waals surface area contributed by atoms with Crippen molar-refractivity contribution < 1.29 is 9.90 Å². The fraction of sp³-hybridized carbons (Fsp3) is 0.400. The van der Waals surface area contributed by atoms with Gasteiger partial charge in [0.2, 0.25) is 5.91 Å². The third kappa shape index (κ3) is 4.13. The molecule has 0 saturated carbocycles. The van der Waals surface area contributed by atoms with Crippen molar-refractivity contribution in [1.29, 1.82) is 0 Å². The molecule has 1 atom stereocenters. The summed E-state index contributed by atoms with van der Waals surface area (Å²) >= 11 is 0. The predicted molar refractivity (Wildman–Crippen MR) is 79.8 cm³/mol. The van der Waals surface area contributed by atoms with Gasteiger partial charge in [0.15, 0.2) is 0 Å². The molecule has 2 aromatic rings. The number of amides is 1. The summed E-state index contributed by atoms with van der Waals surface area (Å²) in [6.45, 7) is 5.91.